The van der Waals surface area contributed by atoms with Gasteiger partial charge in [-0.3, -0.25) is 4.79 Å². The summed E-state index contributed by atoms with van der Waals surface area (Å²) >= 11 is 0. The van der Waals surface area contributed by atoms with Crippen LogP contribution in [0.3, 0.4) is 0 Å². The average molecular weight is 557 g/mol. The second kappa shape index (κ2) is 11.1. The van der Waals surface area contributed by atoms with Crippen molar-refractivity contribution < 1.29 is 17.9 Å². The molecule has 0 fully saturated rings. The number of amides is 1. The highest BCUT2D eigenvalue weighted by Gasteiger charge is 2.27. The summed E-state index contributed by atoms with van der Waals surface area (Å²) in [7, 11) is -4.11. The van der Waals surface area contributed by atoms with Gasteiger partial charge in [-0.2, -0.15) is 4.98 Å². The molecule has 0 saturated carbocycles. The lowest BCUT2D eigenvalue weighted by Crippen LogP contribution is -2.38. The molecular weight excluding hydrogens is 524 g/mol. The van der Waals surface area contributed by atoms with Crippen LogP contribution >= 0.6 is 0 Å². The first-order chi connectivity index (χ1) is 19.1. The SMILES string of the molecule is Cc1cccc(C)c1-c1cc2nc(n1)NS(=O)(=O)c1cccc(c1)C(=O)N(CC(C)C)C[C@H](c1ccccc1)O2. The molecule has 1 aliphatic heterocycles. The molecule has 1 aliphatic rings. The molecule has 0 aliphatic carbocycles. The maximum Gasteiger partial charge on any atom is 0.264 e. The molecule has 2 heterocycles. The van der Waals surface area contributed by atoms with Crippen LogP contribution in [0.25, 0.3) is 11.3 Å². The Hall–Kier alpha value is -4.24. The van der Waals surface area contributed by atoms with Crippen molar-refractivity contribution in [2.75, 3.05) is 17.8 Å². The lowest BCUT2D eigenvalue weighted by Gasteiger charge is -2.29. The van der Waals surface area contributed by atoms with E-state index in [4.69, 9.17) is 4.74 Å². The number of carbonyl (C=O) groups is 1. The molecule has 4 bridgehead atoms. The molecule has 1 aromatic heterocycles. The third-order valence-corrected chi connectivity index (χ3v) is 8.08. The predicted molar refractivity (Wildman–Crippen MR) is 155 cm³/mol. The van der Waals surface area contributed by atoms with Gasteiger partial charge in [-0.25, -0.2) is 18.1 Å². The van der Waals surface area contributed by atoms with Crippen LogP contribution in [0, 0.1) is 19.8 Å². The van der Waals surface area contributed by atoms with Gasteiger partial charge in [0.05, 0.1) is 17.1 Å². The quantitative estimate of drug-likeness (QED) is 0.341. The summed E-state index contributed by atoms with van der Waals surface area (Å²) in [5, 5.41) is 0. The van der Waals surface area contributed by atoms with E-state index in [1.54, 1.807) is 23.1 Å². The number of rotatable bonds is 4. The van der Waals surface area contributed by atoms with Crippen molar-refractivity contribution in [2.45, 2.75) is 38.7 Å². The van der Waals surface area contributed by atoms with Gasteiger partial charge in [0.25, 0.3) is 15.9 Å². The number of aryl methyl sites for hydroxylation is 2. The molecule has 0 radical (unpaired) electrons. The molecule has 9 heteroatoms. The van der Waals surface area contributed by atoms with Crippen LogP contribution in [0.4, 0.5) is 5.95 Å². The normalized spacial score (nSPS) is 16.8. The fraction of sp³-hybridized carbons (Fsp3) is 0.258. The molecule has 4 aromatic rings. The second-order valence-corrected chi connectivity index (χ2v) is 12.1. The van der Waals surface area contributed by atoms with Crippen molar-refractivity contribution in [2.24, 2.45) is 5.92 Å². The number of hydrogen-bond donors (Lipinski definition) is 1. The zero-order valence-corrected chi connectivity index (χ0v) is 23.8. The Morgan fingerprint density at radius 3 is 2.35 bits per heavy atom. The van der Waals surface area contributed by atoms with Crippen LogP contribution in [-0.2, 0) is 10.0 Å². The zero-order valence-electron chi connectivity index (χ0n) is 23.0. The smallest absolute Gasteiger partial charge is 0.264 e. The molecular formula is C31H32N4O4S. The van der Waals surface area contributed by atoms with Gasteiger partial charge in [0, 0.05) is 23.7 Å². The number of anilines is 1. The number of nitrogens with one attached hydrogen (secondary N) is 1. The van der Waals surface area contributed by atoms with Crippen LogP contribution in [0.15, 0.2) is 83.8 Å². The van der Waals surface area contributed by atoms with Gasteiger partial charge in [-0.1, -0.05) is 68.4 Å². The molecule has 0 saturated heterocycles. The van der Waals surface area contributed by atoms with E-state index < -0.39 is 16.1 Å². The number of ether oxygens (including phenoxy) is 1. The fourth-order valence-electron chi connectivity index (χ4n) is 4.94. The standard InChI is InChI=1S/C31H32N4O4S/c1-20(2)18-35-19-27(23-12-6-5-7-13-23)39-28-17-26(29-21(3)10-8-11-22(29)4)32-31(33-28)34-40(37,38)25-15-9-14-24(16-25)30(35)36/h5-17,20,27H,18-19H2,1-4H3,(H,32,33,34)/t27-/m1/s1. The minimum atomic E-state index is -4.11. The lowest BCUT2D eigenvalue weighted by atomic mass is 10.00. The van der Waals surface area contributed by atoms with Crippen LogP contribution in [0.1, 0.15) is 47.0 Å². The zero-order chi connectivity index (χ0) is 28.4. The third-order valence-electron chi connectivity index (χ3n) is 6.75. The van der Waals surface area contributed by atoms with Crippen molar-refractivity contribution >= 4 is 21.9 Å². The van der Waals surface area contributed by atoms with Crippen molar-refractivity contribution in [3.63, 3.8) is 0 Å². The number of hydrogen-bond acceptors (Lipinski definition) is 6. The van der Waals surface area contributed by atoms with E-state index in [-0.39, 0.29) is 40.7 Å². The molecule has 1 atom stereocenters. The van der Waals surface area contributed by atoms with Gasteiger partial charge in [-0.15, -0.1) is 0 Å². The van der Waals surface area contributed by atoms with E-state index >= 15 is 0 Å². The van der Waals surface area contributed by atoms with Crippen LogP contribution in [0.5, 0.6) is 5.88 Å². The van der Waals surface area contributed by atoms with E-state index in [0.29, 0.717) is 12.2 Å². The summed E-state index contributed by atoms with van der Waals surface area (Å²) < 4.78 is 35.9. The minimum Gasteiger partial charge on any atom is -0.467 e. The van der Waals surface area contributed by atoms with Crippen LogP contribution in [0.2, 0.25) is 0 Å². The maximum absolute atomic E-state index is 13.8. The fourth-order valence-corrected chi connectivity index (χ4v) is 5.93. The summed E-state index contributed by atoms with van der Waals surface area (Å²) in [5.41, 5.74) is 4.51. The molecule has 8 nitrogen and oxygen atoms in total. The molecule has 1 N–H and O–H groups in total. The van der Waals surface area contributed by atoms with Gasteiger partial charge in [0.1, 0.15) is 6.10 Å². The summed E-state index contributed by atoms with van der Waals surface area (Å²) in [6, 6.07) is 23.3. The number of fused-ring (bicyclic) bond motifs is 4. The van der Waals surface area contributed by atoms with E-state index in [1.165, 1.54) is 12.1 Å². The Bertz CT molecular complexity index is 1640. The number of aromatic nitrogens is 2. The van der Waals surface area contributed by atoms with E-state index in [9.17, 15) is 13.2 Å². The minimum absolute atomic E-state index is 0.0507. The van der Waals surface area contributed by atoms with Gasteiger partial charge in [0.15, 0.2) is 0 Å². The number of carbonyl (C=O) groups excluding carboxylic acids is 1. The summed E-state index contributed by atoms with van der Waals surface area (Å²) in [5.74, 6) is -0.0199. The Morgan fingerprint density at radius 2 is 1.65 bits per heavy atom. The second-order valence-electron chi connectivity index (χ2n) is 10.4. The maximum atomic E-state index is 13.8. The van der Waals surface area contributed by atoms with Crippen molar-refractivity contribution in [3.05, 3.63) is 101 Å². The summed E-state index contributed by atoms with van der Waals surface area (Å²) in [6.45, 7) is 8.72. The molecule has 1 amide bonds. The predicted octanol–water partition coefficient (Wildman–Crippen LogP) is 5.79. The van der Waals surface area contributed by atoms with Gasteiger partial charge < -0.3 is 9.64 Å². The Balaban J connectivity index is 1.72. The molecule has 5 rings (SSSR count). The Kier molecular flexibility index (Phi) is 7.58. The largest absolute Gasteiger partial charge is 0.467 e. The average Bonchev–Trinajstić information content (AvgIpc) is 2.91. The van der Waals surface area contributed by atoms with Crippen molar-refractivity contribution in [1.29, 1.82) is 0 Å². The first-order valence-electron chi connectivity index (χ1n) is 13.2. The monoisotopic (exact) mass is 556 g/mol. The first kappa shape index (κ1) is 27.3. The molecule has 0 spiro atoms. The lowest BCUT2D eigenvalue weighted by molar-refractivity contribution is 0.0625. The topological polar surface area (TPSA) is 101 Å². The molecule has 206 valence electrons. The molecule has 0 unspecified atom stereocenters. The molecule has 40 heavy (non-hydrogen) atoms. The van der Waals surface area contributed by atoms with Crippen LogP contribution < -0.4 is 9.46 Å². The van der Waals surface area contributed by atoms with E-state index in [0.717, 1.165) is 22.3 Å². The number of benzene rings is 3. The van der Waals surface area contributed by atoms with E-state index in [1.807, 2.05) is 76.2 Å². The highest BCUT2D eigenvalue weighted by atomic mass is 32.2. The van der Waals surface area contributed by atoms with Crippen molar-refractivity contribution in [3.8, 4) is 17.1 Å². The molecule has 3 aromatic carbocycles. The highest BCUT2D eigenvalue weighted by Crippen LogP contribution is 2.32. The Labute approximate surface area is 235 Å². The number of sulfonamides is 1. The van der Waals surface area contributed by atoms with Crippen LogP contribution in [-0.4, -0.2) is 42.3 Å². The first-order valence-corrected chi connectivity index (χ1v) is 14.7. The van der Waals surface area contributed by atoms with Gasteiger partial charge in [0.2, 0.25) is 11.8 Å². The van der Waals surface area contributed by atoms with Crippen molar-refractivity contribution in [1.82, 2.24) is 14.9 Å². The summed E-state index contributed by atoms with van der Waals surface area (Å²) in [6.07, 6.45) is -0.571. The van der Waals surface area contributed by atoms with E-state index in [2.05, 4.69) is 14.7 Å². The van der Waals surface area contributed by atoms with Gasteiger partial charge >= 0.3 is 0 Å². The summed E-state index contributed by atoms with van der Waals surface area (Å²) in [4.78, 5) is 24.5. The Morgan fingerprint density at radius 1 is 0.950 bits per heavy atom. The third kappa shape index (κ3) is 5.84. The highest BCUT2D eigenvalue weighted by molar-refractivity contribution is 7.92. The number of nitrogens with zero attached hydrogens (tertiary/aromatic N) is 3. The van der Waals surface area contributed by atoms with Gasteiger partial charge in [-0.05, 0) is 54.7 Å².